The Hall–Kier alpha value is -1.55. The van der Waals surface area contributed by atoms with Crippen LogP contribution in [0, 0.1) is 6.92 Å². The van der Waals surface area contributed by atoms with Crippen LogP contribution in [-0.2, 0) is 0 Å². The number of hydrogen-bond acceptors (Lipinski definition) is 1. The lowest BCUT2D eigenvalue weighted by Gasteiger charge is -2.09. The van der Waals surface area contributed by atoms with Gasteiger partial charge in [-0.2, -0.15) is 0 Å². The lowest BCUT2D eigenvalue weighted by atomic mass is 10.2. The van der Waals surface area contributed by atoms with Crippen LogP contribution < -0.4 is 5.32 Å². The number of nitrogens with one attached hydrogen (secondary N) is 1. The fourth-order valence-electron chi connectivity index (χ4n) is 2.26. The molecule has 19 heavy (non-hydrogen) atoms. The Balaban J connectivity index is 1.82. The summed E-state index contributed by atoms with van der Waals surface area (Å²) in [5.74, 6) is -0.0469. The van der Waals surface area contributed by atoms with Crippen LogP contribution in [0.5, 0.6) is 0 Å². The third-order valence-electron chi connectivity index (χ3n) is 3.25. The van der Waals surface area contributed by atoms with Crippen LogP contribution >= 0.6 is 15.9 Å². The van der Waals surface area contributed by atoms with Gasteiger partial charge in [-0.25, -0.2) is 0 Å². The number of rotatable bonds is 3. The number of amides is 1. The maximum atomic E-state index is 12.3. The molecule has 2 aromatic rings. The SMILES string of the molecule is Cc1cc(Br)cc(NC(=O)c2cccn2C2CC2)c1. The molecule has 1 amide bonds. The van der Waals surface area contributed by atoms with Crippen LogP contribution in [0.2, 0.25) is 0 Å². The minimum atomic E-state index is -0.0469. The Labute approximate surface area is 120 Å². The van der Waals surface area contributed by atoms with Gasteiger partial charge in [0.1, 0.15) is 5.69 Å². The molecule has 1 aromatic carbocycles. The van der Waals surface area contributed by atoms with Crippen molar-refractivity contribution in [1.82, 2.24) is 4.57 Å². The first-order valence-electron chi connectivity index (χ1n) is 6.39. The lowest BCUT2D eigenvalue weighted by Crippen LogP contribution is -2.16. The molecule has 3 rings (SSSR count). The van der Waals surface area contributed by atoms with Gasteiger partial charge in [0.05, 0.1) is 0 Å². The van der Waals surface area contributed by atoms with Gasteiger partial charge in [0.15, 0.2) is 0 Å². The quantitative estimate of drug-likeness (QED) is 0.906. The van der Waals surface area contributed by atoms with E-state index in [9.17, 15) is 4.79 Å². The van der Waals surface area contributed by atoms with Crippen molar-refractivity contribution >= 4 is 27.5 Å². The smallest absolute Gasteiger partial charge is 0.272 e. The van der Waals surface area contributed by atoms with Crippen molar-refractivity contribution in [1.29, 1.82) is 0 Å². The van der Waals surface area contributed by atoms with Crippen molar-refractivity contribution in [2.24, 2.45) is 0 Å². The number of carbonyl (C=O) groups excluding carboxylic acids is 1. The van der Waals surface area contributed by atoms with Crippen molar-refractivity contribution in [3.05, 3.63) is 52.3 Å². The number of aromatic nitrogens is 1. The predicted octanol–water partition coefficient (Wildman–Crippen LogP) is 4.15. The third-order valence-corrected chi connectivity index (χ3v) is 3.71. The molecule has 1 saturated carbocycles. The molecule has 98 valence electrons. The molecule has 0 spiro atoms. The van der Waals surface area contributed by atoms with Gasteiger partial charge in [0.2, 0.25) is 0 Å². The van der Waals surface area contributed by atoms with Crippen LogP contribution in [0.25, 0.3) is 0 Å². The zero-order valence-corrected chi connectivity index (χ0v) is 12.3. The van der Waals surface area contributed by atoms with Crippen LogP contribution in [0.4, 0.5) is 5.69 Å². The fraction of sp³-hybridized carbons (Fsp3) is 0.267. The van der Waals surface area contributed by atoms with Gasteiger partial charge >= 0.3 is 0 Å². The van der Waals surface area contributed by atoms with E-state index in [0.717, 1.165) is 21.4 Å². The summed E-state index contributed by atoms with van der Waals surface area (Å²) in [6.07, 6.45) is 4.33. The second kappa shape index (κ2) is 4.85. The van der Waals surface area contributed by atoms with Crippen LogP contribution in [0.1, 0.15) is 34.9 Å². The van der Waals surface area contributed by atoms with E-state index in [0.29, 0.717) is 6.04 Å². The zero-order valence-electron chi connectivity index (χ0n) is 10.7. The molecule has 4 heteroatoms. The van der Waals surface area contributed by atoms with Gasteiger partial charge in [0, 0.05) is 22.4 Å². The number of hydrogen-bond donors (Lipinski definition) is 1. The van der Waals surface area contributed by atoms with E-state index in [1.807, 2.05) is 43.5 Å². The second-order valence-electron chi connectivity index (χ2n) is 5.00. The summed E-state index contributed by atoms with van der Waals surface area (Å²) in [4.78, 5) is 12.3. The molecule has 3 nitrogen and oxygen atoms in total. The maximum Gasteiger partial charge on any atom is 0.272 e. The van der Waals surface area contributed by atoms with E-state index in [-0.39, 0.29) is 5.91 Å². The summed E-state index contributed by atoms with van der Waals surface area (Å²) >= 11 is 3.44. The molecule has 1 aliphatic rings. The highest BCUT2D eigenvalue weighted by Crippen LogP contribution is 2.36. The van der Waals surface area contributed by atoms with E-state index in [1.54, 1.807) is 0 Å². The summed E-state index contributed by atoms with van der Waals surface area (Å²) in [6, 6.07) is 10.2. The van der Waals surface area contributed by atoms with Gasteiger partial charge in [-0.3, -0.25) is 4.79 Å². The number of anilines is 1. The monoisotopic (exact) mass is 318 g/mol. The van der Waals surface area contributed by atoms with Crippen LogP contribution in [0.15, 0.2) is 41.0 Å². The Kier molecular flexibility index (Phi) is 3.19. The largest absolute Gasteiger partial charge is 0.340 e. The van der Waals surface area contributed by atoms with Crippen LogP contribution in [0.3, 0.4) is 0 Å². The Morgan fingerprint density at radius 3 is 2.84 bits per heavy atom. The fourth-order valence-corrected chi connectivity index (χ4v) is 2.87. The first-order valence-corrected chi connectivity index (χ1v) is 7.18. The molecule has 1 aromatic heterocycles. The standard InChI is InChI=1S/C15H15BrN2O/c1-10-7-11(16)9-12(8-10)17-15(19)14-3-2-6-18(14)13-4-5-13/h2-3,6-9,13H,4-5H2,1H3,(H,17,19). The Morgan fingerprint density at radius 2 is 2.16 bits per heavy atom. The molecule has 1 heterocycles. The molecular formula is C15H15BrN2O. The van der Waals surface area contributed by atoms with Crippen molar-refractivity contribution < 1.29 is 4.79 Å². The molecule has 0 radical (unpaired) electrons. The molecule has 0 aliphatic heterocycles. The molecule has 1 N–H and O–H groups in total. The summed E-state index contributed by atoms with van der Waals surface area (Å²) in [5, 5.41) is 2.96. The summed E-state index contributed by atoms with van der Waals surface area (Å²) in [6.45, 7) is 2.01. The molecule has 0 saturated heterocycles. The minimum absolute atomic E-state index is 0.0469. The van der Waals surface area contributed by atoms with Crippen molar-refractivity contribution in [2.75, 3.05) is 5.32 Å². The first-order chi connectivity index (χ1) is 9.13. The normalized spacial score (nSPS) is 14.4. The molecule has 0 unspecified atom stereocenters. The number of aryl methyl sites for hydroxylation is 1. The van der Waals surface area contributed by atoms with Crippen molar-refractivity contribution in [3.8, 4) is 0 Å². The van der Waals surface area contributed by atoms with Gasteiger partial charge in [-0.1, -0.05) is 15.9 Å². The number of carbonyl (C=O) groups is 1. The van der Waals surface area contributed by atoms with E-state index in [2.05, 4.69) is 25.8 Å². The lowest BCUT2D eigenvalue weighted by molar-refractivity contribution is 0.101. The molecule has 0 bridgehead atoms. The van der Waals surface area contributed by atoms with E-state index >= 15 is 0 Å². The van der Waals surface area contributed by atoms with Crippen molar-refractivity contribution in [2.45, 2.75) is 25.8 Å². The summed E-state index contributed by atoms with van der Waals surface area (Å²) < 4.78 is 3.04. The number of nitrogens with zero attached hydrogens (tertiary/aromatic N) is 1. The van der Waals surface area contributed by atoms with E-state index in [4.69, 9.17) is 0 Å². The predicted molar refractivity (Wildman–Crippen MR) is 79.5 cm³/mol. The Morgan fingerprint density at radius 1 is 1.37 bits per heavy atom. The zero-order chi connectivity index (χ0) is 13.4. The first kappa shape index (κ1) is 12.5. The number of halogens is 1. The molecule has 1 aliphatic carbocycles. The van der Waals surface area contributed by atoms with E-state index < -0.39 is 0 Å². The molecule has 0 atom stereocenters. The highest BCUT2D eigenvalue weighted by Gasteiger charge is 2.26. The highest BCUT2D eigenvalue weighted by molar-refractivity contribution is 9.10. The average Bonchev–Trinajstić information content (AvgIpc) is 3.05. The summed E-state index contributed by atoms with van der Waals surface area (Å²) in [7, 11) is 0. The molecular weight excluding hydrogens is 304 g/mol. The molecule has 1 fully saturated rings. The minimum Gasteiger partial charge on any atom is -0.340 e. The number of benzene rings is 1. The van der Waals surface area contributed by atoms with Crippen LogP contribution in [-0.4, -0.2) is 10.5 Å². The third kappa shape index (κ3) is 2.73. The maximum absolute atomic E-state index is 12.3. The van der Waals surface area contributed by atoms with Crippen molar-refractivity contribution in [3.63, 3.8) is 0 Å². The topological polar surface area (TPSA) is 34.0 Å². The van der Waals surface area contributed by atoms with Gasteiger partial charge in [-0.05, 0) is 55.7 Å². The van der Waals surface area contributed by atoms with E-state index in [1.165, 1.54) is 12.8 Å². The average molecular weight is 319 g/mol. The Bertz CT molecular complexity index is 609. The summed E-state index contributed by atoms with van der Waals surface area (Å²) in [5.41, 5.74) is 2.67. The van der Waals surface area contributed by atoms with Gasteiger partial charge in [0.25, 0.3) is 5.91 Å². The van der Waals surface area contributed by atoms with Gasteiger partial charge < -0.3 is 9.88 Å². The highest BCUT2D eigenvalue weighted by atomic mass is 79.9. The second-order valence-corrected chi connectivity index (χ2v) is 5.92. The van der Waals surface area contributed by atoms with Gasteiger partial charge in [-0.15, -0.1) is 0 Å².